The summed E-state index contributed by atoms with van der Waals surface area (Å²) in [7, 11) is 0. The summed E-state index contributed by atoms with van der Waals surface area (Å²) in [4.78, 5) is 16.6. The zero-order valence-corrected chi connectivity index (χ0v) is 14.2. The number of amides is 1. The molecule has 128 valence electrons. The zero-order chi connectivity index (χ0) is 16.8. The van der Waals surface area contributed by atoms with Gasteiger partial charge in [-0.3, -0.25) is 4.79 Å². The van der Waals surface area contributed by atoms with Crippen LogP contribution in [0.1, 0.15) is 44.9 Å². The summed E-state index contributed by atoms with van der Waals surface area (Å²) in [5.74, 6) is 2.10. The van der Waals surface area contributed by atoms with Crippen LogP contribution < -0.4 is 5.32 Å². The fraction of sp³-hybridized carbons (Fsp3) is 0.526. The molecule has 0 radical (unpaired) electrons. The summed E-state index contributed by atoms with van der Waals surface area (Å²) in [6.45, 7) is 2.70. The van der Waals surface area contributed by atoms with Crippen LogP contribution in [0.5, 0.6) is 0 Å². The van der Waals surface area contributed by atoms with Crippen molar-refractivity contribution >= 4 is 5.91 Å². The minimum Gasteiger partial charge on any atom is -0.356 e. The van der Waals surface area contributed by atoms with Gasteiger partial charge in [0.1, 0.15) is 0 Å². The Morgan fingerprint density at radius 1 is 1.29 bits per heavy atom. The third kappa shape index (κ3) is 4.22. The third-order valence-electron chi connectivity index (χ3n) is 4.89. The van der Waals surface area contributed by atoms with Gasteiger partial charge in [-0.1, -0.05) is 55.3 Å². The van der Waals surface area contributed by atoms with Gasteiger partial charge in [0.25, 0.3) is 0 Å². The molecule has 1 N–H and O–H groups in total. The number of aromatic nitrogens is 2. The smallest absolute Gasteiger partial charge is 0.227 e. The Bertz CT molecular complexity index is 648. The molecule has 1 aliphatic rings. The largest absolute Gasteiger partial charge is 0.356 e. The van der Waals surface area contributed by atoms with Gasteiger partial charge in [-0.25, -0.2) is 0 Å². The normalized spacial score (nSPS) is 16.2. The maximum absolute atomic E-state index is 12.2. The average molecular weight is 327 g/mol. The lowest BCUT2D eigenvalue weighted by molar-refractivity contribution is -0.126. The molecule has 1 aromatic heterocycles. The summed E-state index contributed by atoms with van der Waals surface area (Å²) in [6, 6.07) is 9.77. The highest BCUT2D eigenvalue weighted by molar-refractivity contribution is 5.78. The van der Waals surface area contributed by atoms with Crippen LogP contribution in [0.3, 0.4) is 0 Å². The van der Waals surface area contributed by atoms with E-state index in [1.54, 1.807) is 0 Å². The number of nitrogens with one attached hydrogen (secondary N) is 1. The van der Waals surface area contributed by atoms with E-state index in [1.807, 2.05) is 30.3 Å². The summed E-state index contributed by atoms with van der Waals surface area (Å²) < 4.78 is 5.28. The average Bonchev–Trinajstić information content (AvgIpc) is 3.30. The van der Waals surface area contributed by atoms with Crippen molar-refractivity contribution in [3.63, 3.8) is 0 Å². The predicted octanol–water partition coefficient (Wildman–Crippen LogP) is 3.61. The van der Waals surface area contributed by atoms with Gasteiger partial charge < -0.3 is 9.84 Å². The SMILES string of the molecule is CC(C(=O)NCCCc1nc(-c2ccccc2)no1)C1CCCC1. The van der Waals surface area contributed by atoms with E-state index >= 15 is 0 Å². The highest BCUT2D eigenvalue weighted by Crippen LogP contribution is 2.31. The van der Waals surface area contributed by atoms with Crippen LogP contribution >= 0.6 is 0 Å². The Morgan fingerprint density at radius 2 is 2.04 bits per heavy atom. The summed E-state index contributed by atoms with van der Waals surface area (Å²) in [5.41, 5.74) is 0.950. The first-order chi connectivity index (χ1) is 11.7. The number of hydrogen-bond donors (Lipinski definition) is 1. The molecule has 0 spiro atoms. The van der Waals surface area contributed by atoms with E-state index < -0.39 is 0 Å². The molecular weight excluding hydrogens is 302 g/mol. The van der Waals surface area contributed by atoms with Crippen molar-refractivity contribution in [1.82, 2.24) is 15.5 Å². The molecule has 1 amide bonds. The zero-order valence-electron chi connectivity index (χ0n) is 14.2. The van der Waals surface area contributed by atoms with Gasteiger partial charge in [-0.2, -0.15) is 4.98 Å². The van der Waals surface area contributed by atoms with Crippen LogP contribution in [-0.2, 0) is 11.2 Å². The Labute approximate surface area is 142 Å². The maximum atomic E-state index is 12.2. The predicted molar refractivity (Wildman–Crippen MR) is 92.2 cm³/mol. The number of nitrogens with zero attached hydrogens (tertiary/aromatic N) is 2. The van der Waals surface area contributed by atoms with Gasteiger partial charge in [-0.15, -0.1) is 0 Å². The fourth-order valence-electron chi connectivity index (χ4n) is 3.34. The quantitative estimate of drug-likeness (QED) is 0.789. The van der Waals surface area contributed by atoms with E-state index in [0.717, 1.165) is 12.0 Å². The van der Waals surface area contributed by atoms with Crippen LogP contribution in [0.2, 0.25) is 0 Å². The second kappa shape index (κ2) is 8.08. The topological polar surface area (TPSA) is 68.0 Å². The fourth-order valence-corrected chi connectivity index (χ4v) is 3.34. The van der Waals surface area contributed by atoms with Gasteiger partial charge in [0.05, 0.1) is 0 Å². The molecule has 1 aliphatic carbocycles. The molecule has 0 bridgehead atoms. The molecule has 0 aliphatic heterocycles. The van der Waals surface area contributed by atoms with E-state index in [0.29, 0.717) is 30.6 Å². The van der Waals surface area contributed by atoms with Gasteiger partial charge in [-0.05, 0) is 25.2 Å². The Hall–Kier alpha value is -2.17. The first-order valence-electron chi connectivity index (χ1n) is 8.90. The molecule has 1 heterocycles. The van der Waals surface area contributed by atoms with Crippen molar-refractivity contribution in [2.24, 2.45) is 11.8 Å². The van der Waals surface area contributed by atoms with Crippen LogP contribution in [0.4, 0.5) is 0 Å². The van der Waals surface area contributed by atoms with Crippen LogP contribution in [-0.4, -0.2) is 22.6 Å². The highest BCUT2D eigenvalue weighted by atomic mass is 16.5. The molecule has 1 atom stereocenters. The van der Waals surface area contributed by atoms with Crippen LogP contribution in [0, 0.1) is 11.8 Å². The van der Waals surface area contributed by atoms with Crippen molar-refractivity contribution < 1.29 is 9.32 Å². The highest BCUT2D eigenvalue weighted by Gasteiger charge is 2.26. The molecular formula is C19H25N3O2. The Balaban J connectivity index is 1.40. The second-order valence-electron chi connectivity index (χ2n) is 6.61. The molecule has 5 nitrogen and oxygen atoms in total. The van der Waals surface area contributed by atoms with E-state index in [4.69, 9.17) is 4.52 Å². The lowest BCUT2D eigenvalue weighted by Gasteiger charge is -2.18. The third-order valence-corrected chi connectivity index (χ3v) is 4.89. The van der Waals surface area contributed by atoms with Gasteiger partial charge in [0.15, 0.2) is 0 Å². The number of benzene rings is 1. The molecule has 1 unspecified atom stereocenters. The number of hydrogen-bond acceptors (Lipinski definition) is 4. The van der Waals surface area contributed by atoms with Gasteiger partial charge in [0.2, 0.25) is 17.6 Å². The number of carbonyl (C=O) groups excluding carboxylic acids is 1. The summed E-state index contributed by atoms with van der Waals surface area (Å²) in [5, 5.41) is 7.05. The van der Waals surface area contributed by atoms with Crippen molar-refractivity contribution in [1.29, 1.82) is 0 Å². The number of carbonyl (C=O) groups is 1. The molecule has 5 heteroatoms. The minimum absolute atomic E-state index is 0.126. The Morgan fingerprint density at radius 3 is 2.79 bits per heavy atom. The van der Waals surface area contributed by atoms with Gasteiger partial charge >= 0.3 is 0 Å². The first-order valence-corrected chi connectivity index (χ1v) is 8.90. The summed E-state index contributed by atoms with van der Waals surface area (Å²) >= 11 is 0. The van der Waals surface area contributed by atoms with E-state index in [2.05, 4.69) is 22.4 Å². The van der Waals surface area contributed by atoms with Crippen molar-refractivity contribution in [3.8, 4) is 11.4 Å². The van der Waals surface area contributed by atoms with E-state index in [9.17, 15) is 4.79 Å². The van der Waals surface area contributed by atoms with Gasteiger partial charge in [0, 0.05) is 24.4 Å². The molecule has 24 heavy (non-hydrogen) atoms. The molecule has 0 saturated heterocycles. The van der Waals surface area contributed by atoms with Crippen molar-refractivity contribution in [2.75, 3.05) is 6.54 Å². The molecule has 2 aromatic rings. The standard InChI is InChI=1S/C19H25N3O2/c1-14(15-8-5-6-9-15)19(23)20-13-7-12-17-21-18(22-24-17)16-10-3-2-4-11-16/h2-4,10-11,14-15H,5-9,12-13H2,1H3,(H,20,23). The lowest BCUT2D eigenvalue weighted by atomic mass is 9.92. The lowest BCUT2D eigenvalue weighted by Crippen LogP contribution is -2.33. The molecule has 1 saturated carbocycles. The maximum Gasteiger partial charge on any atom is 0.227 e. The molecule has 1 fully saturated rings. The Kier molecular flexibility index (Phi) is 5.62. The molecule has 3 rings (SSSR count). The minimum atomic E-state index is 0.126. The van der Waals surface area contributed by atoms with Crippen LogP contribution in [0.15, 0.2) is 34.9 Å². The van der Waals surface area contributed by atoms with Crippen molar-refractivity contribution in [3.05, 3.63) is 36.2 Å². The number of aryl methyl sites for hydroxylation is 1. The van der Waals surface area contributed by atoms with E-state index in [1.165, 1.54) is 25.7 Å². The monoisotopic (exact) mass is 327 g/mol. The first kappa shape index (κ1) is 16.7. The molecule has 1 aromatic carbocycles. The number of rotatable bonds is 7. The second-order valence-corrected chi connectivity index (χ2v) is 6.61. The van der Waals surface area contributed by atoms with E-state index in [-0.39, 0.29) is 11.8 Å². The van der Waals surface area contributed by atoms with Crippen LogP contribution in [0.25, 0.3) is 11.4 Å². The summed E-state index contributed by atoms with van der Waals surface area (Å²) in [6.07, 6.45) is 6.40. The van der Waals surface area contributed by atoms with Crippen molar-refractivity contribution in [2.45, 2.75) is 45.4 Å².